The molecule has 2 saturated heterocycles. The number of likely N-dealkylation sites (tertiary alicyclic amines) is 1. The molecule has 0 aromatic carbocycles. The highest BCUT2D eigenvalue weighted by atomic mass is 16.5. The summed E-state index contributed by atoms with van der Waals surface area (Å²) in [4.78, 5) is 27.8. The quantitative estimate of drug-likeness (QED) is 0.721. The van der Waals surface area contributed by atoms with Gasteiger partial charge in [-0.25, -0.2) is 0 Å². The van der Waals surface area contributed by atoms with Crippen molar-refractivity contribution in [3.05, 3.63) is 0 Å². The molecule has 5 nitrogen and oxygen atoms in total. The smallest absolute Gasteiger partial charge is 0.227 e. The van der Waals surface area contributed by atoms with Crippen LogP contribution in [-0.4, -0.2) is 61.0 Å². The Hall–Kier alpha value is -1.10. The number of ether oxygens (including phenoxy) is 1. The maximum Gasteiger partial charge on any atom is 0.227 e. The number of carbonyl (C=O) groups is 2. The van der Waals surface area contributed by atoms with E-state index in [-0.39, 0.29) is 17.7 Å². The highest BCUT2D eigenvalue weighted by Crippen LogP contribution is 2.20. The molecule has 2 fully saturated rings. The van der Waals surface area contributed by atoms with Crippen molar-refractivity contribution in [2.24, 2.45) is 5.92 Å². The fourth-order valence-corrected chi connectivity index (χ4v) is 2.67. The van der Waals surface area contributed by atoms with Crippen molar-refractivity contribution in [3.63, 3.8) is 0 Å². The van der Waals surface area contributed by atoms with Crippen LogP contribution in [0.3, 0.4) is 0 Å². The summed E-state index contributed by atoms with van der Waals surface area (Å²) in [7, 11) is 0. The third-order valence-electron chi connectivity index (χ3n) is 3.75. The summed E-state index contributed by atoms with van der Waals surface area (Å²) in [5.74, 6) is 0.355. The van der Waals surface area contributed by atoms with Gasteiger partial charge in [0.2, 0.25) is 11.8 Å². The zero-order chi connectivity index (χ0) is 13.0. The van der Waals surface area contributed by atoms with E-state index in [1.807, 2.05) is 16.7 Å². The molecule has 102 valence electrons. The number of carbonyl (C=O) groups excluding carboxylic acids is 2. The normalized spacial score (nSPS) is 25.1. The van der Waals surface area contributed by atoms with E-state index in [4.69, 9.17) is 4.74 Å². The van der Waals surface area contributed by atoms with Gasteiger partial charge in [0, 0.05) is 32.6 Å². The first kappa shape index (κ1) is 13.3. The summed E-state index contributed by atoms with van der Waals surface area (Å²) in [6.07, 6.45) is 2.37. The molecule has 5 heteroatoms. The van der Waals surface area contributed by atoms with Crippen LogP contribution in [0.15, 0.2) is 0 Å². The van der Waals surface area contributed by atoms with E-state index in [0.717, 1.165) is 19.4 Å². The number of amides is 2. The summed E-state index contributed by atoms with van der Waals surface area (Å²) >= 11 is 0. The van der Waals surface area contributed by atoms with E-state index >= 15 is 0 Å². The van der Waals surface area contributed by atoms with Crippen LogP contribution in [0.25, 0.3) is 0 Å². The van der Waals surface area contributed by atoms with E-state index in [0.29, 0.717) is 39.3 Å². The molecule has 0 aromatic heterocycles. The molecular weight excluding hydrogens is 232 g/mol. The molecule has 1 atom stereocenters. The average Bonchev–Trinajstić information content (AvgIpc) is 2.46. The molecule has 0 aliphatic carbocycles. The number of rotatable bonds is 2. The number of hydrogen-bond donors (Lipinski definition) is 0. The molecule has 0 spiro atoms. The van der Waals surface area contributed by atoms with Gasteiger partial charge < -0.3 is 14.5 Å². The van der Waals surface area contributed by atoms with Crippen LogP contribution in [0.5, 0.6) is 0 Å². The maximum atomic E-state index is 12.3. The Balaban J connectivity index is 1.91. The minimum Gasteiger partial charge on any atom is -0.378 e. The molecule has 0 saturated carbocycles. The molecule has 0 bridgehead atoms. The summed E-state index contributed by atoms with van der Waals surface area (Å²) < 4.78 is 5.26. The first-order valence-electron chi connectivity index (χ1n) is 6.86. The van der Waals surface area contributed by atoms with Gasteiger partial charge in [0.1, 0.15) is 0 Å². The SMILES string of the molecule is CCC(=O)N1CCCC(C(=O)N2CCOCC2)C1. The van der Waals surface area contributed by atoms with Gasteiger partial charge in [-0.1, -0.05) is 6.92 Å². The van der Waals surface area contributed by atoms with Gasteiger partial charge in [0.15, 0.2) is 0 Å². The van der Waals surface area contributed by atoms with Crippen molar-refractivity contribution in [3.8, 4) is 0 Å². The van der Waals surface area contributed by atoms with Crippen molar-refractivity contribution in [1.82, 2.24) is 9.80 Å². The summed E-state index contributed by atoms with van der Waals surface area (Å²) in [5.41, 5.74) is 0. The standard InChI is InChI=1S/C13H22N2O3/c1-2-12(16)15-5-3-4-11(10-15)13(17)14-6-8-18-9-7-14/h11H,2-10H2,1H3. The summed E-state index contributed by atoms with van der Waals surface area (Å²) in [6, 6.07) is 0. The van der Waals surface area contributed by atoms with Gasteiger partial charge in [-0.15, -0.1) is 0 Å². The summed E-state index contributed by atoms with van der Waals surface area (Å²) in [5, 5.41) is 0. The molecular formula is C13H22N2O3. The largest absolute Gasteiger partial charge is 0.378 e. The second-order valence-corrected chi connectivity index (χ2v) is 4.97. The minimum atomic E-state index is -0.00708. The fraction of sp³-hybridized carbons (Fsp3) is 0.846. The van der Waals surface area contributed by atoms with E-state index in [1.165, 1.54) is 0 Å². The number of piperidine rings is 1. The lowest BCUT2D eigenvalue weighted by Gasteiger charge is -2.36. The number of hydrogen-bond acceptors (Lipinski definition) is 3. The Morgan fingerprint density at radius 3 is 2.56 bits per heavy atom. The van der Waals surface area contributed by atoms with Crippen LogP contribution in [-0.2, 0) is 14.3 Å². The van der Waals surface area contributed by atoms with E-state index < -0.39 is 0 Å². The van der Waals surface area contributed by atoms with Crippen molar-refractivity contribution >= 4 is 11.8 Å². The highest BCUT2D eigenvalue weighted by Gasteiger charge is 2.31. The third kappa shape index (κ3) is 3.02. The molecule has 18 heavy (non-hydrogen) atoms. The summed E-state index contributed by atoms with van der Waals surface area (Å²) in [6.45, 7) is 5.93. The van der Waals surface area contributed by atoms with Gasteiger partial charge in [0.05, 0.1) is 19.1 Å². The Labute approximate surface area is 108 Å². The lowest BCUT2D eigenvalue weighted by atomic mass is 9.96. The van der Waals surface area contributed by atoms with Gasteiger partial charge in [0.25, 0.3) is 0 Å². The van der Waals surface area contributed by atoms with Crippen molar-refractivity contribution < 1.29 is 14.3 Å². The van der Waals surface area contributed by atoms with Gasteiger partial charge in [-0.2, -0.15) is 0 Å². The minimum absolute atomic E-state index is 0.00708. The molecule has 2 rings (SSSR count). The van der Waals surface area contributed by atoms with Crippen molar-refractivity contribution in [1.29, 1.82) is 0 Å². The van der Waals surface area contributed by atoms with E-state index in [9.17, 15) is 9.59 Å². The van der Waals surface area contributed by atoms with Gasteiger partial charge in [-0.05, 0) is 12.8 Å². The number of nitrogens with zero attached hydrogens (tertiary/aromatic N) is 2. The van der Waals surface area contributed by atoms with Crippen LogP contribution >= 0.6 is 0 Å². The second kappa shape index (κ2) is 6.18. The predicted octanol–water partition coefficient (Wildman–Crippen LogP) is 0.494. The molecule has 0 aromatic rings. The fourth-order valence-electron chi connectivity index (χ4n) is 2.67. The van der Waals surface area contributed by atoms with Crippen LogP contribution in [0.2, 0.25) is 0 Å². The molecule has 0 radical (unpaired) electrons. The van der Waals surface area contributed by atoms with Crippen LogP contribution in [0.1, 0.15) is 26.2 Å². The van der Waals surface area contributed by atoms with Crippen LogP contribution < -0.4 is 0 Å². The number of morpholine rings is 1. The molecule has 2 amide bonds. The molecule has 1 unspecified atom stereocenters. The van der Waals surface area contributed by atoms with Gasteiger partial charge in [-0.3, -0.25) is 9.59 Å². The Morgan fingerprint density at radius 1 is 1.17 bits per heavy atom. The highest BCUT2D eigenvalue weighted by molar-refractivity contribution is 5.81. The van der Waals surface area contributed by atoms with Crippen molar-refractivity contribution in [2.75, 3.05) is 39.4 Å². The first-order chi connectivity index (χ1) is 8.72. The third-order valence-corrected chi connectivity index (χ3v) is 3.75. The van der Waals surface area contributed by atoms with Crippen LogP contribution in [0, 0.1) is 5.92 Å². The maximum absolute atomic E-state index is 12.3. The van der Waals surface area contributed by atoms with Crippen molar-refractivity contribution in [2.45, 2.75) is 26.2 Å². The van der Waals surface area contributed by atoms with Crippen LogP contribution in [0.4, 0.5) is 0 Å². The average molecular weight is 254 g/mol. The monoisotopic (exact) mass is 254 g/mol. The molecule has 2 aliphatic rings. The second-order valence-electron chi connectivity index (χ2n) is 4.97. The molecule has 2 heterocycles. The molecule has 0 N–H and O–H groups in total. The molecule has 2 aliphatic heterocycles. The Kier molecular flexibility index (Phi) is 4.58. The zero-order valence-corrected chi connectivity index (χ0v) is 11.1. The van der Waals surface area contributed by atoms with E-state index in [1.54, 1.807) is 0 Å². The Morgan fingerprint density at radius 2 is 1.89 bits per heavy atom. The van der Waals surface area contributed by atoms with Gasteiger partial charge >= 0.3 is 0 Å². The first-order valence-corrected chi connectivity index (χ1v) is 6.86. The Bertz CT molecular complexity index is 313. The lowest BCUT2D eigenvalue weighted by Crippen LogP contribution is -2.49. The topological polar surface area (TPSA) is 49.9 Å². The van der Waals surface area contributed by atoms with E-state index in [2.05, 4.69) is 0 Å². The zero-order valence-electron chi connectivity index (χ0n) is 11.1. The predicted molar refractivity (Wildman–Crippen MR) is 67.0 cm³/mol. The lowest BCUT2D eigenvalue weighted by molar-refractivity contribution is -0.143.